The van der Waals surface area contributed by atoms with Crippen LogP contribution in [0.25, 0.3) is 5.69 Å². The Kier molecular flexibility index (Phi) is 3.19. The zero-order chi connectivity index (χ0) is 19.6. The number of fused-ring (bicyclic) bond motifs is 1. The summed E-state index contributed by atoms with van der Waals surface area (Å²) in [6.45, 7) is 1.57. The normalized spacial score (nSPS) is 22.9. The topological polar surface area (TPSA) is 81.6 Å². The summed E-state index contributed by atoms with van der Waals surface area (Å²) >= 11 is 0. The predicted octanol–water partition coefficient (Wildman–Crippen LogP) is 0.947. The fraction of sp³-hybridized carbons (Fsp3) is 0.200. The van der Waals surface area contributed by atoms with Crippen molar-refractivity contribution in [1.29, 1.82) is 0 Å². The number of hydrogen-bond acceptors (Lipinski definition) is 4. The maximum Gasteiger partial charge on any atom is 0.354 e. The Hall–Kier alpha value is -3.68. The molecule has 0 radical (unpaired) electrons. The molecule has 3 aliphatic heterocycles. The monoisotopic (exact) mass is 375 g/mol. The van der Waals surface area contributed by atoms with E-state index in [1.165, 1.54) is 14.3 Å². The van der Waals surface area contributed by atoms with E-state index in [0.717, 1.165) is 10.1 Å². The Bertz CT molecular complexity index is 1250. The van der Waals surface area contributed by atoms with Crippen LogP contribution < -0.4 is 11.4 Å². The first-order valence-electron chi connectivity index (χ1n) is 8.90. The molecular weight excluding hydrogens is 358 g/mol. The highest BCUT2D eigenvalue weighted by atomic mass is 16.2. The molecule has 0 fully saturated rings. The summed E-state index contributed by atoms with van der Waals surface area (Å²) in [6, 6.07) is 18.1. The van der Waals surface area contributed by atoms with Crippen molar-refractivity contribution >= 4 is 11.6 Å². The lowest BCUT2D eigenvalue weighted by atomic mass is 9.99. The van der Waals surface area contributed by atoms with Crippen molar-refractivity contribution < 1.29 is 4.79 Å². The molecule has 4 heterocycles. The van der Waals surface area contributed by atoms with Crippen molar-refractivity contribution in [3.8, 4) is 5.69 Å². The first-order chi connectivity index (χ1) is 13.4. The van der Waals surface area contributed by atoms with Gasteiger partial charge in [-0.2, -0.15) is 9.36 Å². The molecule has 0 saturated carbocycles. The number of likely N-dealkylation sites (N-methyl/N-ethyl adjacent to an activating group) is 1. The fourth-order valence-corrected chi connectivity index (χ4v) is 4.07. The van der Waals surface area contributed by atoms with E-state index in [2.05, 4.69) is 4.99 Å². The van der Waals surface area contributed by atoms with E-state index < -0.39 is 23.2 Å². The minimum atomic E-state index is -1.52. The van der Waals surface area contributed by atoms with Crippen LogP contribution in [0.5, 0.6) is 0 Å². The van der Waals surface area contributed by atoms with E-state index in [9.17, 15) is 14.4 Å². The molecule has 8 nitrogen and oxygen atoms in total. The second-order valence-electron chi connectivity index (χ2n) is 7.07. The van der Waals surface area contributed by atoms with Gasteiger partial charge in [-0.05, 0) is 24.6 Å². The molecule has 8 heteroatoms. The lowest BCUT2D eigenvalue weighted by Crippen LogP contribution is -2.65. The van der Waals surface area contributed by atoms with Gasteiger partial charge in [0.2, 0.25) is 5.66 Å². The van der Waals surface area contributed by atoms with Crippen LogP contribution in [0, 0.1) is 0 Å². The summed E-state index contributed by atoms with van der Waals surface area (Å²) in [5.74, 6) is -0.329. The van der Waals surface area contributed by atoms with Crippen LogP contribution in [-0.2, 0) is 10.5 Å². The Morgan fingerprint density at radius 3 is 2.14 bits per heavy atom. The molecule has 0 spiro atoms. The average Bonchev–Trinajstić information content (AvgIpc) is 2.99. The van der Waals surface area contributed by atoms with E-state index in [1.807, 2.05) is 30.3 Å². The summed E-state index contributed by atoms with van der Waals surface area (Å²) in [5, 5.41) is 0. The van der Waals surface area contributed by atoms with E-state index in [1.54, 1.807) is 44.3 Å². The third-order valence-corrected chi connectivity index (χ3v) is 5.38. The van der Waals surface area contributed by atoms with Crippen molar-refractivity contribution in [2.75, 3.05) is 7.05 Å². The molecule has 2 unspecified atom stereocenters. The molecular formula is C20H17N5O3. The van der Waals surface area contributed by atoms with Gasteiger partial charge in [0.15, 0.2) is 6.17 Å². The summed E-state index contributed by atoms with van der Waals surface area (Å²) in [6.07, 6.45) is -0.790. The third kappa shape index (κ3) is 1.89. The Labute approximate surface area is 159 Å². The molecule has 28 heavy (non-hydrogen) atoms. The van der Waals surface area contributed by atoms with Gasteiger partial charge in [0.25, 0.3) is 5.91 Å². The van der Waals surface area contributed by atoms with Crippen molar-refractivity contribution in [2.45, 2.75) is 18.8 Å². The summed E-state index contributed by atoms with van der Waals surface area (Å²) in [4.78, 5) is 45.6. The molecule has 3 aromatic rings. The van der Waals surface area contributed by atoms with Gasteiger partial charge in [0.05, 0.1) is 11.4 Å². The number of amides is 1. The van der Waals surface area contributed by atoms with Crippen molar-refractivity contribution in [2.24, 2.45) is 4.99 Å². The Morgan fingerprint density at radius 1 is 0.893 bits per heavy atom. The smallest absolute Gasteiger partial charge is 0.314 e. The second kappa shape index (κ2) is 5.41. The number of carbonyl (C=O) groups excluding carboxylic acids is 1. The van der Waals surface area contributed by atoms with E-state index in [0.29, 0.717) is 11.4 Å². The number of nitrogens with zero attached hydrogens (tertiary/aromatic N) is 5. The number of hydrogen-bond donors (Lipinski definition) is 0. The highest BCUT2D eigenvalue weighted by molar-refractivity contribution is 6.09. The summed E-state index contributed by atoms with van der Waals surface area (Å²) < 4.78 is 3.61. The van der Waals surface area contributed by atoms with Gasteiger partial charge < -0.3 is 4.90 Å². The molecule has 0 aliphatic carbocycles. The van der Waals surface area contributed by atoms with Gasteiger partial charge in [-0.3, -0.25) is 4.79 Å². The first kappa shape index (κ1) is 16.5. The maximum absolute atomic E-state index is 13.3. The molecule has 6 rings (SSSR count). The highest BCUT2D eigenvalue weighted by Gasteiger charge is 2.55. The zero-order valence-corrected chi connectivity index (χ0v) is 15.3. The molecule has 1 amide bonds. The molecule has 2 bridgehead atoms. The summed E-state index contributed by atoms with van der Waals surface area (Å²) in [5.41, 5.74) is -0.777. The zero-order valence-electron chi connectivity index (χ0n) is 15.3. The minimum absolute atomic E-state index is 0.329. The first-order valence-corrected chi connectivity index (χ1v) is 8.90. The van der Waals surface area contributed by atoms with Crippen molar-refractivity contribution in [1.82, 2.24) is 18.8 Å². The Balaban J connectivity index is 1.85. The number of benzene rings is 2. The molecule has 2 atom stereocenters. The minimum Gasteiger partial charge on any atom is -0.314 e. The summed E-state index contributed by atoms with van der Waals surface area (Å²) in [7, 11) is 1.63. The quantitative estimate of drug-likeness (QED) is 0.669. The highest BCUT2D eigenvalue weighted by Crippen LogP contribution is 2.37. The second-order valence-corrected chi connectivity index (χ2v) is 7.07. The maximum atomic E-state index is 13.3. The number of carbonyl (C=O) groups is 1. The Morgan fingerprint density at radius 2 is 1.50 bits per heavy atom. The van der Waals surface area contributed by atoms with Crippen LogP contribution in [0.2, 0.25) is 0 Å². The SMILES string of the molecule is CN1C(=O)C2(C)N=C(c3ccccc3)C1n1c(=O)n(-c3ccccc3)c(=O)n12. The van der Waals surface area contributed by atoms with E-state index >= 15 is 0 Å². The fourth-order valence-electron chi connectivity index (χ4n) is 4.07. The molecule has 0 saturated heterocycles. The van der Waals surface area contributed by atoms with Gasteiger partial charge in [-0.15, -0.1) is 0 Å². The van der Waals surface area contributed by atoms with Crippen molar-refractivity contribution in [3.05, 3.63) is 87.2 Å². The molecule has 1 aromatic heterocycles. The van der Waals surface area contributed by atoms with Gasteiger partial charge in [0, 0.05) is 7.05 Å². The van der Waals surface area contributed by atoms with Gasteiger partial charge >= 0.3 is 11.4 Å². The standard InChI is InChI=1S/C20H17N5O3/c1-20-17(26)22(2)16(15(21-20)13-9-5-3-6-10-13)24-18(27)23(19(28)25(20)24)14-11-7-4-8-12-14/h3-12,16H,1-2H3. The van der Waals surface area contributed by atoms with Gasteiger partial charge in [-0.1, -0.05) is 48.5 Å². The number of aromatic nitrogens is 3. The number of aliphatic imine (C=N–C) groups is 1. The van der Waals surface area contributed by atoms with Gasteiger partial charge in [-0.25, -0.2) is 19.1 Å². The van der Waals surface area contributed by atoms with Crippen LogP contribution >= 0.6 is 0 Å². The van der Waals surface area contributed by atoms with Crippen LogP contribution in [-0.4, -0.2) is 37.5 Å². The van der Waals surface area contributed by atoms with Crippen LogP contribution in [0.1, 0.15) is 18.7 Å². The number of rotatable bonds is 2. The van der Waals surface area contributed by atoms with E-state index in [-0.39, 0.29) is 5.91 Å². The lowest BCUT2D eigenvalue weighted by Gasteiger charge is -2.47. The third-order valence-electron chi connectivity index (χ3n) is 5.38. The van der Waals surface area contributed by atoms with E-state index in [4.69, 9.17) is 0 Å². The van der Waals surface area contributed by atoms with Crippen molar-refractivity contribution in [3.63, 3.8) is 0 Å². The molecule has 140 valence electrons. The average molecular weight is 375 g/mol. The molecule has 3 aliphatic rings. The van der Waals surface area contributed by atoms with Crippen LogP contribution in [0.3, 0.4) is 0 Å². The predicted molar refractivity (Wildman–Crippen MR) is 103 cm³/mol. The largest absolute Gasteiger partial charge is 0.354 e. The van der Waals surface area contributed by atoms with Crippen LogP contribution in [0.4, 0.5) is 0 Å². The number of para-hydroxylation sites is 1. The lowest BCUT2D eigenvalue weighted by molar-refractivity contribution is -0.149. The van der Waals surface area contributed by atoms with Gasteiger partial charge in [0.1, 0.15) is 0 Å². The molecule has 0 N–H and O–H groups in total. The van der Waals surface area contributed by atoms with Crippen LogP contribution in [0.15, 0.2) is 75.2 Å². The molecule has 2 aromatic carbocycles.